The second-order valence-electron chi connectivity index (χ2n) is 6.99. The summed E-state index contributed by atoms with van der Waals surface area (Å²) in [5.74, 6) is -2.16. The number of halogens is 1. The van der Waals surface area contributed by atoms with Crippen LogP contribution < -0.4 is 4.90 Å². The summed E-state index contributed by atoms with van der Waals surface area (Å²) in [6, 6.07) is 18.6. The molecule has 7 heteroatoms. The number of benzene rings is 3. The van der Waals surface area contributed by atoms with E-state index in [2.05, 4.69) is 0 Å². The molecule has 0 fully saturated rings. The lowest BCUT2D eigenvalue weighted by atomic mass is 10.1. The number of aryl methyl sites for hydroxylation is 1. The largest absolute Gasteiger partial charge is 0.502 e. The summed E-state index contributed by atoms with van der Waals surface area (Å²) in [5, 5.41) is 10.7. The highest BCUT2D eigenvalue weighted by atomic mass is 32.2. The number of aliphatic hydroxyl groups is 1. The topological polar surface area (TPSA) is 74.7 Å². The van der Waals surface area contributed by atoms with E-state index < -0.39 is 38.3 Å². The minimum atomic E-state index is -4.20. The molecular weight excluding hydrogens is 405 g/mol. The van der Waals surface area contributed by atoms with Gasteiger partial charge in [-0.2, -0.15) is 0 Å². The van der Waals surface area contributed by atoms with E-state index in [4.69, 9.17) is 0 Å². The third-order valence-corrected chi connectivity index (χ3v) is 6.89. The van der Waals surface area contributed by atoms with Gasteiger partial charge in [0, 0.05) is 5.69 Å². The van der Waals surface area contributed by atoms with E-state index in [0.29, 0.717) is 11.3 Å². The summed E-state index contributed by atoms with van der Waals surface area (Å²) >= 11 is 0. The number of aliphatic hydroxyl groups excluding tert-OH is 1. The van der Waals surface area contributed by atoms with Crippen molar-refractivity contribution in [2.24, 2.45) is 0 Å². The third-order valence-electron chi connectivity index (χ3n) is 5.00. The first-order chi connectivity index (χ1) is 14.3. The Hall–Kier alpha value is -3.45. The molecule has 3 aromatic carbocycles. The lowest BCUT2D eigenvalue weighted by Gasteiger charge is -2.27. The van der Waals surface area contributed by atoms with E-state index in [1.807, 2.05) is 6.92 Å². The summed E-state index contributed by atoms with van der Waals surface area (Å²) < 4.78 is 40.3. The van der Waals surface area contributed by atoms with Crippen LogP contribution in [0.15, 0.2) is 94.4 Å². The number of hydrogen-bond donors (Lipinski definition) is 1. The monoisotopic (exact) mass is 423 g/mol. The molecule has 1 unspecified atom stereocenters. The minimum absolute atomic E-state index is 0.0442. The molecule has 4 rings (SSSR count). The van der Waals surface area contributed by atoms with Crippen molar-refractivity contribution in [3.8, 4) is 0 Å². The molecule has 1 heterocycles. The molecule has 1 atom stereocenters. The van der Waals surface area contributed by atoms with Gasteiger partial charge in [-0.1, -0.05) is 48.0 Å². The second kappa shape index (κ2) is 7.42. The van der Waals surface area contributed by atoms with Gasteiger partial charge in [0.25, 0.3) is 5.91 Å². The Labute approximate surface area is 173 Å². The van der Waals surface area contributed by atoms with Crippen molar-refractivity contribution in [3.63, 3.8) is 0 Å². The van der Waals surface area contributed by atoms with E-state index in [9.17, 15) is 22.7 Å². The molecular formula is C23H18FNO4S. The van der Waals surface area contributed by atoms with Crippen LogP contribution in [0.1, 0.15) is 17.2 Å². The van der Waals surface area contributed by atoms with Gasteiger partial charge < -0.3 is 5.11 Å². The summed E-state index contributed by atoms with van der Waals surface area (Å²) in [4.78, 5) is 13.8. The van der Waals surface area contributed by atoms with E-state index in [-0.39, 0.29) is 4.90 Å². The molecule has 1 N–H and O–H groups in total. The number of sulfone groups is 1. The first-order valence-corrected chi connectivity index (χ1v) is 10.7. The molecule has 0 radical (unpaired) electrons. The lowest BCUT2D eigenvalue weighted by molar-refractivity contribution is -0.117. The molecule has 5 nitrogen and oxygen atoms in total. The highest BCUT2D eigenvalue weighted by molar-refractivity contribution is 7.95. The van der Waals surface area contributed by atoms with Crippen LogP contribution in [0.25, 0.3) is 0 Å². The molecule has 1 amide bonds. The van der Waals surface area contributed by atoms with E-state index in [0.717, 1.165) is 5.56 Å². The molecule has 0 bridgehead atoms. The Morgan fingerprint density at radius 3 is 2.10 bits per heavy atom. The second-order valence-corrected chi connectivity index (χ2v) is 8.91. The smallest absolute Gasteiger partial charge is 0.295 e. The van der Waals surface area contributed by atoms with Gasteiger partial charge in [-0.15, -0.1) is 0 Å². The number of amides is 1. The Kier molecular flexibility index (Phi) is 4.91. The molecule has 0 saturated heterocycles. The van der Waals surface area contributed by atoms with Crippen molar-refractivity contribution < 1.29 is 22.7 Å². The number of rotatable bonds is 4. The Bertz CT molecular complexity index is 1230. The number of carbonyl (C=O) groups is 1. The zero-order valence-electron chi connectivity index (χ0n) is 16.0. The van der Waals surface area contributed by atoms with Gasteiger partial charge in [0.15, 0.2) is 5.76 Å². The Morgan fingerprint density at radius 1 is 0.900 bits per heavy atom. The van der Waals surface area contributed by atoms with E-state index >= 15 is 0 Å². The van der Waals surface area contributed by atoms with Gasteiger partial charge in [-0.3, -0.25) is 9.69 Å². The summed E-state index contributed by atoms with van der Waals surface area (Å²) in [6.07, 6.45) is 0. The molecule has 0 spiro atoms. The predicted molar refractivity (Wildman–Crippen MR) is 111 cm³/mol. The van der Waals surface area contributed by atoms with Crippen LogP contribution in [0, 0.1) is 12.7 Å². The van der Waals surface area contributed by atoms with Crippen molar-refractivity contribution in [2.45, 2.75) is 17.9 Å². The number of anilines is 1. The maximum Gasteiger partial charge on any atom is 0.295 e. The van der Waals surface area contributed by atoms with Crippen molar-refractivity contribution in [1.29, 1.82) is 0 Å². The lowest BCUT2D eigenvalue weighted by Crippen LogP contribution is -2.31. The molecule has 30 heavy (non-hydrogen) atoms. The molecule has 0 saturated carbocycles. The average Bonchev–Trinajstić information content (AvgIpc) is 3.01. The Morgan fingerprint density at radius 2 is 1.50 bits per heavy atom. The maximum atomic E-state index is 13.5. The highest BCUT2D eigenvalue weighted by Crippen LogP contribution is 2.44. The van der Waals surface area contributed by atoms with E-state index in [1.54, 1.807) is 42.5 Å². The SMILES string of the molecule is Cc1ccc(N2C(=O)C(O)=C(S(=O)(=O)c3ccccc3)C2c2ccc(F)cc2)cc1. The van der Waals surface area contributed by atoms with Crippen molar-refractivity contribution in [3.05, 3.63) is 106 Å². The summed E-state index contributed by atoms with van der Waals surface area (Å²) in [5.41, 5.74) is 1.74. The maximum absolute atomic E-state index is 13.5. The fourth-order valence-electron chi connectivity index (χ4n) is 3.50. The minimum Gasteiger partial charge on any atom is -0.502 e. The summed E-state index contributed by atoms with van der Waals surface area (Å²) in [6.45, 7) is 1.88. The van der Waals surface area contributed by atoms with Crippen LogP contribution in [-0.2, 0) is 14.6 Å². The van der Waals surface area contributed by atoms with Crippen molar-refractivity contribution in [1.82, 2.24) is 0 Å². The van der Waals surface area contributed by atoms with Crippen LogP contribution in [0.3, 0.4) is 0 Å². The molecule has 0 aliphatic carbocycles. The van der Waals surface area contributed by atoms with Crippen molar-refractivity contribution in [2.75, 3.05) is 4.90 Å². The van der Waals surface area contributed by atoms with Crippen LogP contribution in [-0.4, -0.2) is 19.4 Å². The Balaban J connectivity index is 1.94. The van der Waals surface area contributed by atoms with Gasteiger partial charge in [0.2, 0.25) is 9.84 Å². The van der Waals surface area contributed by atoms with Crippen LogP contribution in [0.2, 0.25) is 0 Å². The normalized spacial score (nSPS) is 16.9. The third kappa shape index (κ3) is 3.27. The van der Waals surface area contributed by atoms with Gasteiger partial charge in [-0.05, 0) is 48.9 Å². The zero-order chi connectivity index (χ0) is 21.5. The van der Waals surface area contributed by atoms with Crippen LogP contribution in [0.4, 0.5) is 10.1 Å². The molecule has 0 aromatic heterocycles. The van der Waals surface area contributed by atoms with Crippen LogP contribution >= 0.6 is 0 Å². The van der Waals surface area contributed by atoms with Gasteiger partial charge >= 0.3 is 0 Å². The summed E-state index contributed by atoms with van der Waals surface area (Å²) in [7, 11) is -4.20. The molecule has 1 aliphatic heterocycles. The van der Waals surface area contributed by atoms with Crippen molar-refractivity contribution >= 4 is 21.4 Å². The molecule has 3 aromatic rings. The number of hydrogen-bond acceptors (Lipinski definition) is 4. The standard InChI is InChI=1S/C23H18FNO4S/c1-15-7-13-18(14-8-15)25-20(16-9-11-17(24)12-10-16)22(21(26)23(25)27)30(28,29)19-5-3-2-4-6-19/h2-14,20,26H,1H3. The van der Waals surface area contributed by atoms with E-state index in [1.165, 1.54) is 41.3 Å². The quantitative estimate of drug-likeness (QED) is 0.672. The van der Waals surface area contributed by atoms with Gasteiger partial charge in [0.1, 0.15) is 16.8 Å². The first kappa shape index (κ1) is 19.8. The van der Waals surface area contributed by atoms with Gasteiger partial charge in [0.05, 0.1) is 4.90 Å². The number of nitrogens with zero attached hydrogens (tertiary/aromatic N) is 1. The van der Waals surface area contributed by atoms with Gasteiger partial charge in [-0.25, -0.2) is 12.8 Å². The molecule has 152 valence electrons. The predicted octanol–water partition coefficient (Wildman–Crippen LogP) is 4.47. The fourth-order valence-corrected chi connectivity index (χ4v) is 5.15. The zero-order valence-corrected chi connectivity index (χ0v) is 16.8. The highest BCUT2D eigenvalue weighted by Gasteiger charge is 2.47. The number of carbonyl (C=O) groups excluding carboxylic acids is 1. The fraction of sp³-hybridized carbons (Fsp3) is 0.0870. The first-order valence-electron chi connectivity index (χ1n) is 9.19. The van der Waals surface area contributed by atoms with Crippen LogP contribution in [0.5, 0.6) is 0 Å². The average molecular weight is 423 g/mol. The molecule has 1 aliphatic rings.